The monoisotopic (exact) mass is 332 g/mol. The van der Waals surface area contributed by atoms with Crippen LogP contribution in [0.5, 0.6) is 0 Å². The molecule has 1 unspecified atom stereocenters. The number of pyridine rings is 1. The Kier molecular flexibility index (Phi) is 5.81. The summed E-state index contributed by atoms with van der Waals surface area (Å²) in [5.41, 5.74) is 6.19. The van der Waals surface area contributed by atoms with E-state index in [9.17, 15) is 9.18 Å². The molecule has 2 aromatic rings. The normalized spacial score (nSPS) is 16.7. The Morgan fingerprint density at radius 1 is 1.50 bits per heavy atom. The molecule has 1 fully saturated rings. The fraction of sp³-hybridized carbons (Fsp3) is 0.333. The first-order chi connectivity index (χ1) is 11.6. The Morgan fingerprint density at radius 3 is 2.88 bits per heavy atom. The van der Waals surface area contributed by atoms with Crippen LogP contribution in [0.3, 0.4) is 0 Å². The maximum atomic E-state index is 12.8. The van der Waals surface area contributed by atoms with Crippen LogP contribution >= 0.6 is 0 Å². The molecule has 1 aliphatic rings. The number of hydrogen-bond acceptors (Lipinski definition) is 6. The fourth-order valence-corrected chi connectivity index (χ4v) is 2.37. The Labute approximate surface area is 138 Å². The van der Waals surface area contributed by atoms with Gasteiger partial charge in [-0.1, -0.05) is 0 Å². The van der Waals surface area contributed by atoms with E-state index in [1.807, 2.05) is 0 Å². The number of carbonyl (C=O) groups excluding carboxylic acids is 1. The quantitative estimate of drug-likeness (QED) is 0.823. The lowest BCUT2D eigenvalue weighted by Crippen LogP contribution is -2.21. The summed E-state index contributed by atoms with van der Waals surface area (Å²) in [6.07, 6.45) is 4.81. The molecule has 1 saturated heterocycles. The smallest absolute Gasteiger partial charge is 0.254 e. The molecule has 9 heteroatoms. The van der Waals surface area contributed by atoms with E-state index in [4.69, 9.17) is 15.7 Å². The second-order valence-electron chi connectivity index (χ2n) is 5.10. The molecule has 2 aromatic heterocycles. The van der Waals surface area contributed by atoms with E-state index in [0.717, 1.165) is 19.4 Å². The lowest BCUT2D eigenvalue weighted by atomic mass is 10.1. The summed E-state index contributed by atoms with van der Waals surface area (Å²) in [6, 6.07) is 2.81. The number of amides is 1. The molecular weight excluding hydrogens is 315 g/mol. The van der Waals surface area contributed by atoms with Crippen molar-refractivity contribution < 1.29 is 13.9 Å². The van der Waals surface area contributed by atoms with Crippen molar-refractivity contribution in [3.63, 3.8) is 0 Å². The van der Waals surface area contributed by atoms with Gasteiger partial charge in [0.15, 0.2) is 5.82 Å². The van der Waals surface area contributed by atoms with Crippen molar-refractivity contribution in [2.45, 2.75) is 18.9 Å². The SMILES string of the molecule is C#N.NC(=O)c1cn(C2CCCOC2)nc1Nc1ccc(F)nc1. The summed E-state index contributed by atoms with van der Waals surface area (Å²) >= 11 is 0. The second kappa shape index (κ2) is 8.03. The van der Waals surface area contributed by atoms with Gasteiger partial charge in [-0.3, -0.25) is 9.48 Å². The average molecular weight is 332 g/mol. The van der Waals surface area contributed by atoms with Crippen LogP contribution in [-0.4, -0.2) is 33.9 Å². The molecule has 126 valence electrons. The molecule has 24 heavy (non-hydrogen) atoms. The highest BCUT2D eigenvalue weighted by molar-refractivity contribution is 5.98. The molecule has 3 N–H and O–H groups in total. The van der Waals surface area contributed by atoms with Gasteiger partial charge in [0.25, 0.3) is 5.91 Å². The highest BCUT2D eigenvalue weighted by Crippen LogP contribution is 2.24. The van der Waals surface area contributed by atoms with Gasteiger partial charge in [-0.25, -0.2) is 10.2 Å². The summed E-state index contributed by atoms with van der Waals surface area (Å²) in [5.74, 6) is -0.836. The molecular formula is C15H17FN6O2. The number of anilines is 2. The number of primary amides is 1. The molecule has 1 aliphatic heterocycles. The molecule has 0 saturated carbocycles. The predicted octanol–water partition coefficient (Wildman–Crippen LogP) is 1.75. The van der Waals surface area contributed by atoms with Crippen LogP contribution in [0.25, 0.3) is 0 Å². The second-order valence-corrected chi connectivity index (χ2v) is 5.10. The Morgan fingerprint density at radius 2 is 2.29 bits per heavy atom. The van der Waals surface area contributed by atoms with Gasteiger partial charge in [0.1, 0.15) is 5.56 Å². The fourth-order valence-electron chi connectivity index (χ4n) is 2.37. The van der Waals surface area contributed by atoms with E-state index in [0.29, 0.717) is 18.1 Å². The number of nitrogens with zero attached hydrogens (tertiary/aromatic N) is 4. The number of rotatable bonds is 4. The van der Waals surface area contributed by atoms with Gasteiger partial charge in [0.2, 0.25) is 5.95 Å². The number of hydrogen-bond donors (Lipinski definition) is 2. The lowest BCUT2D eigenvalue weighted by Gasteiger charge is -2.22. The van der Waals surface area contributed by atoms with E-state index in [-0.39, 0.29) is 11.6 Å². The van der Waals surface area contributed by atoms with Crippen LogP contribution in [0, 0.1) is 17.8 Å². The number of nitriles is 1. The van der Waals surface area contributed by atoms with Crippen LogP contribution in [0.4, 0.5) is 15.9 Å². The topological polar surface area (TPSA) is 119 Å². The molecule has 0 aromatic carbocycles. The van der Waals surface area contributed by atoms with Gasteiger partial charge in [-0.2, -0.15) is 9.49 Å². The Balaban J connectivity index is 0.00000100. The molecule has 3 rings (SSSR count). The van der Waals surface area contributed by atoms with Crippen molar-refractivity contribution in [1.82, 2.24) is 14.8 Å². The van der Waals surface area contributed by atoms with Crippen molar-refractivity contribution in [3.05, 3.63) is 36.0 Å². The molecule has 3 heterocycles. The molecule has 0 bridgehead atoms. The molecule has 8 nitrogen and oxygen atoms in total. The lowest BCUT2D eigenvalue weighted by molar-refractivity contribution is 0.0550. The first-order valence-corrected chi connectivity index (χ1v) is 7.24. The zero-order valence-corrected chi connectivity index (χ0v) is 12.9. The number of halogens is 1. The first kappa shape index (κ1) is 17.4. The van der Waals surface area contributed by atoms with Crippen LogP contribution in [0.1, 0.15) is 29.2 Å². The van der Waals surface area contributed by atoms with Crippen LogP contribution in [0.2, 0.25) is 0 Å². The number of carbonyl (C=O) groups is 1. The van der Waals surface area contributed by atoms with E-state index < -0.39 is 11.9 Å². The summed E-state index contributed by atoms with van der Waals surface area (Å²) in [5, 5.41) is 13.8. The zero-order valence-electron chi connectivity index (χ0n) is 12.9. The molecule has 0 radical (unpaired) electrons. The summed E-state index contributed by atoms with van der Waals surface area (Å²) in [6.45, 7) is 4.80. The summed E-state index contributed by atoms with van der Waals surface area (Å²) < 4.78 is 20.0. The minimum Gasteiger partial charge on any atom is -0.379 e. The largest absolute Gasteiger partial charge is 0.379 e. The van der Waals surface area contributed by atoms with Crippen molar-refractivity contribution >= 4 is 17.4 Å². The highest BCUT2D eigenvalue weighted by atomic mass is 19.1. The summed E-state index contributed by atoms with van der Waals surface area (Å²) in [4.78, 5) is 15.1. The standard InChI is InChI=1S/C14H16FN5O2.CHN/c15-12-4-3-9(6-17-12)18-14-11(13(16)21)7-20(19-14)10-2-1-5-22-8-10;1-2/h3-4,6-7,10H,1-2,5,8H2,(H2,16,21)(H,18,19);1H. The van der Waals surface area contributed by atoms with Gasteiger partial charge in [-0.15, -0.1) is 0 Å². The van der Waals surface area contributed by atoms with Gasteiger partial charge < -0.3 is 15.8 Å². The van der Waals surface area contributed by atoms with Crippen molar-refractivity contribution in [2.75, 3.05) is 18.5 Å². The van der Waals surface area contributed by atoms with Gasteiger partial charge >= 0.3 is 0 Å². The third-order valence-corrected chi connectivity index (χ3v) is 3.50. The van der Waals surface area contributed by atoms with Crippen molar-refractivity contribution in [2.24, 2.45) is 5.73 Å². The predicted molar refractivity (Wildman–Crippen MR) is 84.0 cm³/mol. The Bertz CT molecular complexity index is 706. The van der Waals surface area contributed by atoms with Crippen LogP contribution < -0.4 is 11.1 Å². The number of nitrogens with two attached hydrogens (primary N) is 1. The molecule has 0 spiro atoms. The first-order valence-electron chi connectivity index (χ1n) is 7.24. The van der Waals surface area contributed by atoms with Crippen LogP contribution in [-0.2, 0) is 4.74 Å². The zero-order chi connectivity index (χ0) is 17.5. The van der Waals surface area contributed by atoms with Gasteiger partial charge in [0.05, 0.1) is 24.5 Å². The number of aromatic nitrogens is 3. The number of nitrogens with one attached hydrogen (secondary N) is 1. The van der Waals surface area contributed by atoms with Crippen LogP contribution in [0.15, 0.2) is 24.5 Å². The average Bonchev–Trinajstić information content (AvgIpc) is 3.04. The highest BCUT2D eigenvalue weighted by Gasteiger charge is 2.21. The van der Waals surface area contributed by atoms with E-state index in [1.165, 1.54) is 18.3 Å². The molecule has 1 amide bonds. The Hall–Kier alpha value is -2.99. The maximum Gasteiger partial charge on any atom is 0.254 e. The molecule has 0 aliphatic carbocycles. The number of ether oxygens (including phenoxy) is 1. The van der Waals surface area contributed by atoms with E-state index >= 15 is 0 Å². The molecule has 1 atom stereocenters. The van der Waals surface area contributed by atoms with E-state index in [1.54, 1.807) is 10.9 Å². The maximum absolute atomic E-state index is 12.8. The van der Waals surface area contributed by atoms with Gasteiger partial charge in [0, 0.05) is 19.4 Å². The summed E-state index contributed by atoms with van der Waals surface area (Å²) in [7, 11) is 0. The minimum atomic E-state index is -0.583. The third-order valence-electron chi connectivity index (χ3n) is 3.50. The minimum absolute atomic E-state index is 0.0775. The van der Waals surface area contributed by atoms with E-state index in [2.05, 4.69) is 22.0 Å². The van der Waals surface area contributed by atoms with Crippen molar-refractivity contribution in [3.8, 4) is 6.57 Å². The van der Waals surface area contributed by atoms with Gasteiger partial charge in [-0.05, 0) is 25.0 Å². The van der Waals surface area contributed by atoms with Crippen molar-refractivity contribution in [1.29, 1.82) is 5.26 Å². The third kappa shape index (κ3) is 4.05.